The molecular weight excluding hydrogens is 1570 g/mol. The van der Waals surface area contributed by atoms with E-state index in [0.29, 0.717) is 6.16 Å². The molecule has 0 aliphatic carbocycles. The normalized spacial score (nSPS) is 3.50. The van der Waals surface area contributed by atoms with Crippen LogP contribution in [0, 0.1) is 0 Å². The summed E-state index contributed by atoms with van der Waals surface area (Å²) in [6.07, 6.45) is 0.903. The van der Waals surface area contributed by atoms with Gasteiger partial charge in [-0.25, -0.2) is 0 Å². The summed E-state index contributed by atoms with van der Waals surface area (Å²) in [5, 5.41) is 7.90. The van der Waals surface area contributed by atoms with E-state index < -0.39 is 5.97 Å². The fourth-order valence-corrected chi connectivity index (χ4v) is 0.370. The second kappa shape index (κ2) is 51.5. The van der Waals surface area contributed by atoms with Crippen LogP contribution in [0.5, 0.6) is 0 Å². The first kappa shape index (κ1) is 60.7. The van der Waals surface area contributed by atoms with Crippen molar-refractivity contribution >= 4 is 15.2 Å². The molecule has 0 aromatic carbocycles. The molecule has 0 aromatic rings. The Bertz CT molecular complexity index is 66.5. The van der Waals surface area contributed by atoms with Crippen LogP contribution in [-0.4, -0.2) is 17.2 Å². The second-order valence-electron chi connectivity index (χ2n) is 0.932. The van der Waals surface area contributed by atoms with Crippen molar-refractivity contribution in [2.45, 2.75) is 6.42 Å². The Morgan fingerprint density at radius 1 is 0.857 bits per heavy atom. The monoisotopic (exact) mass is 1580 g/mol. The topological polar surface area (TPSA) is 37.3 Å². The van der Waals surface area contributed by atoms with Crippen LogP contribution in [-0.2, 0) is 173 Å². The predicted octanol–water partition coefficient (Wildman–Crippen LogP) is 0.316. The molecule has 0 aliphatic heterocycles. The van der Waals surface area contributed by atoms with Crippen molar-refractivity contribution in [3.05, 3.63) is 0 Å². The molecular formula is C3H7O2PW8. The summed E-state index contributed by atoms with van der Waals surface area (Å²) >= 11 is 0. The zero-order valence-corrected chi connectivity index (χ0v) is 31.2. The number of hydrogen-bond donors (Lipinski definition) is 1. The van der Waals surface area contributed by atoms with Crippen molar-refractivity contribution < 1.29 is 178 Å². The average Bonchev–Trinajstić information content (AvgIpc) is 1.35. The fraction of sp³-hybridized carbons (Fsp3) is 0.667. The van der Waals surface area contributed by atoms with E-state index in [2.05, 4.69) is 9.24 Å². The van der Waals surface area contributed by atoms with Gasteiger partial charge in [-0.3, -0.25) is 4.79 Å². The first-order valence-electron chi connectivity index (χ1n) is 1.69. The molecule has 2 nitrogen and oxygen atoms in total. The summed E-state index contributed by atoms with van der Waals surface area (Å²) in [5.74, 6) is -0.731. The second-order valence-corrected chi connectivity index (χ2v) is 1.51. The third kappa shape index (κ3) is 66.3. The van der Waals surface area contributed by atoms with Crippen molar-refractivity contribution in [2.24, 2.45) is 0 Å². The van der Waals surface area contributed by atoms with Gasteiger partial charge >= 0.3 is 5.97 Å². The van der Waals surface area contributed by atoms with Gasteiger partial charge in [0.25, 0.3) is 0 Å². The van der Waals surface area contributed by atoms with Crippen LogP contribution < -0.4 is 0 Å². The Morgan fingerprint density at radius 2 is 1.07 bits per heavy atom. The minimum atomic E-state index is -0.731. The van der Waals surface area contributed by atoms with Crippen LogP contribution in [0.25, 0.3) is 0 Å². The Balaban J connectivity index is -0.00000000446. The van der Waals surface area contributed by atoms with Crippen molar-refractivity contribution in [2.75, 3.05) is 6.16 Å². The molecule has 0 bridgehead atoms. The first-order valence-corrected chi connectivity index (χ1v) is 2.51. The van der Waals surface area contributed by atoms with Crippen molar-refractivity contribution in [1.29, 1.82) is 0 Å². The molecule has 0 aliphatic rings. The standard InChI is InChI=1S/C3H7O2P.8W/c4-3(5)1-2-6;;;;;;;;/h1-2,6H2,(H,4,5);;;;;;;;. The molecule has 1 atom stereocenters. The molecule has 11 heteroatoms. The van der Waals surface area contributed by atoms with E-state index in [9.17, 15) is 4.79 Å². The molecule has 0 saturated carbocycles. The van der Waals surface area contributed by atoms with E-state index >= 15 is 0 Å². The number of carboxylic acid groups (broad SMARTS) is 1. The van der Waals surface area contributed by atoms with Crippen LogP contribution in [0.15, 0.2) is 0 Å². The maximum absolute atomic E-state index is 9.59. The van der Waals surface area contributed by atoms with Gasteiger partial charge in [-0.1, -0.05) is 0 Å². The largest absolute Gasteiger partial charge is 0.481 e. The predicted molar refractivity (Wildman–Crippen MR) is 26.8 cm³/mol. The van der Waals surface area contributed by atoms with E-state index in [1.54, 1.807) is 0 Å². The SMILES string of the molecule is O=C(O)CCP.[W].[W].[W].[W].[W].[W].[W].[W]. The molecule has 84 valence electrons. The molecule has 0 rings (SSSR count). The Kier molecular flexibility index (Phi) is 223. The number of aliphatic carboxylic acids is 1. The van der Waals surface area contributed by atoms with E-state index in [-0.39, 0.29) is 175 Å². The molecule has 1 unspecified atom stereocenters. The van der Waals surface area contributed by atoms with Gasteiger partial charge in [-0.05, 0) is 6.16 Å². The van der Waals surface area contributed by atoms with Crippen molar-refractivity contribution in [1.82, 2.24) is 0 Å². The van der Waals surface area contributed by atoms with Crippen LogP contribution in [0.1, 0.15) is 6.42 Å². The van der Waals surface area contributed by atoms with Crippen LogP contribution in [0.4, 0.5) is 0 Å². The zero-order chi connectivity index (χ0) is 4.99. The van der Waals surface area contributed by atoms with Gasteiger partial charge in [0.05, 0.1) is 0 Å². The summed E-state index contributed by atoms with van der Waals surface area (Å²) < 4.78 is 0. The average molecular weight is 1580 g/mol. The minimum Gasteiger partial charge on any atom is -0.481 e. The summed E-state index contributed by atoms with van der Waals surface area (Å²) in [5.41, 5.74) is 0. The molecule has 0 fully saturated rings. The summed E-state index contributed by atoms with van der Waals surface area (Å²) in [6.45, 7) is 0. The Morgan fingerprint density at radius 3 is 1.07 bits per heavy atom. The van der Waals surface area contributed by atoms with Gasteiger partial charge in [0.15, 0.2) is 0 Å². The Hall–Kier alpha value is 5.41. The molecule has 0 saturated heterocycles. The summed E-state index contributed by atoms with van der Waals surface area (Å²) in [7, 11) is 2.34. The van der Waals surface area contributed by atoms with Gasteiger partial charge in [0.1, 0.15) is 0 Å². The van der Waals surface area contributed by atoms with Crippen molar-refractivity contribution in [3.8, 4) is 0 Å². The van der Waals surface area contributed by atoms with E-state index in [1.165, 1.54) is 0 Å². The minimum absolute atomic E-state index is 0. The van der Waals surface area contributed by atoms with E-state index in [4.69, 9.17) is 5.11 Å². The van der Waals surface area contributed by atoms with E-state index in [0.717, 1.165) is 0 Å². The maximum Gasteiger partial charge on any atom is 0.303 e. The maximum atomic E-state index is 9.59. The summed E-state index contributed by atoms with van der Waals surface area (Å²) in [4.78, 5) is 9.59. The fourth-order valence-electron chi connectivity index (χ4n) is 0.123. The van der Waals surface area contributed by atoms with Gasteiger partial charge in [-0.15, -0.1) is 9.24 Å². The molecule has 14 heavy (non-hydrogen) atoms. The quantitative estimate of drug-likeness (QED) is 0.406. The molecule has 0 radical (unpaired) electrons. The molecule has 0 spiro atoms. The number of carbonyl (C=O) groups is 1. The van der Waals surface area contributed by atoms with Crippen LogP contribution in [0.2, 0.25) is 0 Å². The molecule has 1 N–H and O–H groups in total. The molecule has 0 aromatic heterocycles. The molecule has 0 amide bonds. The van der Waals surface area contributed by atoms with Crippen LogP contribution >= 0.6 is 9.24 Å². The number of hydrogen-bond acceptors (Lipinski definition) is 1. The van der Waals surface area contributed by atoms with E-state index in [1.807, 2.05) is 0 Å². The third-order valence-electron chi connectivity index (χ3n) is 0.358. The van der Waals surface area contributed by atoms with Gasteiger partial charge < -0.3 is 5.11 Å². The van der Waals surface area contributed by atoms with Gasteiger partial charge in [0, 0.05) is 175 Å². The number of rotatable bonds is 2. The smallest absolute Gasteiger partial charge is 0.303 e. The molecule has 0 heterocycles. The van der Waals surface area contributed by atoms with Crippen LogP contribution in [0.3, 0.4) is 0 Å². The number of carboxylic acids is 1. The zero-order valence-electron chi connectivity index (χ0n) is 6.61. The summed E-state index contributed by atoms with van der Waals surface area (Å²) in [6, 6.07) is 0. The van der Waals surface area contributed by atoms with Gasteiger partial charge in [-0.2, -0.15) is 0 Å². The Labute approximate surface area is 202 Å². The first-order chi connectivity index (χ1) is 2.77. The third-order valence-corrected chi connectivity index (χ3v) is 0.647. The van der Waals surface area contributed by atoms with Crippen molar-refractivity contribution in [3.63, 3.8) is 0 Å². The van der Waals surface area contributed by atoms with Gasteiger partial charge in [0.2, 0.25) is 0 Å².